The molecule has 0 amide bonds. The Kier molecular flexibility index (Phi) is 3.94. The maximum atomic E-state index is 13.0. The highest BCUT2D eigenvalue weighted by atomic mass is 19.2. The van der Waals surface area contributed by atoms with E-state index in [2.05, 4.69) is 10.3 Å². The number of anilines is 1. The van der Waals surface area contributed by atoms with E-state index in [0.717, 1.165) is 6.42 Å². The second-order valence-electron chi connectivity index (χ2n) is 3.70. The average molecular weight is 218 g/mol. The van der Waals surface area contributed by atoms with Gasteiger partial charge in [-0.25, -0.2) is 8.78 Å². The zero-order valence-electron chi connectivity index (χ0n) is 8.65. The molecule has 0 aromatic carbocycles. The van der Waals surface area contributed by atoms with E-state index in [9.17, 15) is 13.2 Å². The van der Waals surface area contributed by atoms with Crippen molar-refractivity contribution < 1.29 is 13.2 Å². The Balaban J connectivity index is 2.65. The van der Waals surface area contributed by atoms with Crippen molar-refractivity contribution in [3.63, 3.8) is 0 Å². The summed E-state index contributed by atoms with van der Waals surface area (Å²) in [6.07, 6.45) is 0.806. The van der Waals surface area contributed by atoms with E-state index in [1.807, 2.05) is 13.8 Å². The number of rotatable bonds is 4. The minimum atomic E-state index is -1.29. The molecule has 0 unspecified atom stereocenters. The standard InChI is InChI=1S/C10H13F3N2/c1-6(2)3-4-14-10-8(12)5-7(11)9(13)15-10/h5-6H,3-4H2,1-2H3,(H,14,15). The smallest absolute Gasteiger partial charge is 0.251 e. The van der Waals surface area contributed by atoms with Crippen LogP contribution in [-0.2, 0) is 0 Å². The number of nitrogens with zero attached hydrogens (tertiary/aromatic N) is 1. The zero-order valence-corrected chi connectivity index (χ0v) is 8.65. The van der Waals surface area contributed by atoms with E-state index < -0.39 is 17.6 Å². The van der Waals surface area contributed by atoms with Crippen LogP contribution in [0.1, 0.15) is 20.3 Å². The first kappa shape index (κ1) is 11.8. The van der Waals surface area contributed by atoms with Gasteiger partial charge in [0.2, 0.25) is 0 Å². The minimum Gasteiger partial charge on any atom is -0.368 e. The molecule has 84 valence electrons. The van der Waals surface area contributed by atoms with Crippen molar-refractivity contribution in [3.05, 3.63) is 23.6 Å². The second-order valence-corrected chi connectivity index (χ2v) is 3.70. The highest BCUT2D eigenvalue weighted by Crippen LogP contribution is 2.14. The molecule has 15 heavy (non-hydrogen) atoms. The van der Waals surface area contributed by atoms with Gasteiger partial charge in [0, 0.05) is 12.6 Å². The van der Waals surface area contributed by atoms with Crippen LogP contribution >= 0.6 is 0 Å². The molecule has 0 bridgehead atoms. The molecular weight excluding hydrogens is 205 g/mol. The molecule has 2 nitrogen and oxygen atoms in total. The predicted molar refractivity (Wildman–Crippen MR) is 52.1 cm³/mol. The van der Waals surface area contributed by atoms with Crippen molar-refractivity contribution in [2.75, 3.05) is 11.9 Å². The van der Waals surface area contributed by atoms with E-state index in [4.69, 9.17) is 0 Å². The molecular formula is C10H13F3N2. The fourth-order valence-electron chi connectivity index (χ4n) is 1.05. The van der Waals surface area contributed by atoms with Crippen LogP contribution < -0.4 is 5.32 Å². The van der Waals surface area contributed by atoms with Gasteiger partial charge >= 0.3 is 0 Å². The number of hydrogen-bond donors (Lipinski definition) is 1. The van der Waals surface area contributed by atoms with Crippen LogP contribution in [0.2, 0.25) is 0 Å². The molecule has 0 atom stereocenters. The van der Waals surface area contributed by atoms with Crippen molar-refractivity contribution in [2.45, 2.75) is 20.3 Å². The summed E-state index contributed by atoms with van der Waals surface area (Å²) < 4.78 is 38.2. The molecule has 1 aromatic heterocycles. The van der Waals surface area contributed by atoms with E-state index >= 15 is 0 Å². The lowest BCUT2D eigenvalue weighted by atomic mass is 10.1. The largest absolute Gasteiger partial charge is 0.368 e. The Hall–Kier alpha value is -1.26. The van der Waals surface area contributed by atoms with Crippen LogP contribution in [0.4, 0.5) is 19.0 Å². The predicted octanol–water partition coefficient (Wildman–Crippen LogP) is 2.96. The van der Waals surface area contributed by atoms with Crippen LogP contribution in [0.25, 0.3) is 0 Å². The maximum Gasteiger partial charge on any atom is 0.251 e. The first-order chi connectivity index (χ1) is 7.00. The van der Waals surface area contributed by atoms with Gasteiger partial charge < -0.3 is 5.32 Å². The van der Waals surface area contributed by atoms with Crippen LogP contribution in [0.3, 0.4) is 0 Å². The maximum absolute atomic E-state index is 13.0. The molecule has 0 aliphatic rings. The van der Waals surface area contributed by atoms with Gasteiger partial charge in [-0.2, -0.15) is 9.37 Å². The molecule has 0 spiro atoms. The Labute approximate surface area is 86.5 Å². The van der Waals surface area contributed by atoms with Gasteiger partial charge in [0.05, 0.1) is 0 Å². The Bertz CT molecular complexity index is 340. The van der Waals surface area contributed by atoms with E-state index in [-0.39, 0.29) is 5.82 Å². The molecule has 0 saturated carbocycles. The van der Waals surface area contributed by atoms with E-state index in [1.165, 1.54) is 0 Å². The Morgan fingerprint density at radius 2 is 1.93 bits per heavy atom. The van der Waals surface area contributed by atoms with Crippen molar-refractivity contribution in [1.82, 2.24) is 4.98 Å². The third-order valence-corrected chi connectivity index (χ3v) is 1.90. The summed E-state index contributed by atoms with van der Waals surface area (Å²) in [7, 11) is 0. The van der Waals surface area contributed by atoms with E-state index in [0.29, 0.717) is 18.5 Å². The topological polar surface area (TPSA) is 24.9 Å². The number of nitrogens with one attached hydrogen (secondary N) is 1. The molecule has 1 rings (SSSR count). The van der Waals surface area contributed by atoms with Gasteiger partial charge in [0.1, 0.15) is 0 Å². The summed E-state index contributed by atoms with van der Waals surface area (Å²) in [5.41, 5.74) is 0. The van der Waals surface area contributed by atoms with Crippen LogP contribution in [0.15, 0.2) is 6.07 Å². The summed E-state index contributed by atoms with van der Waals surface area (Å²) in [5.74, 6) is -3.23. The monoisotopic (exact) mass is 218 g/mol. The van der Waals surface area contributed by atoms with Crippen molar-refractivity contribution in [2.24, 2.45) is 5.92 Å². The lowest BCUT2D eigenvalue weighted by Gasteiger charge is -2.08. The van der Waals surface area contributed by atoms with Crippen molar-refractivity contribution >= 4 is 5.82 Å². The van der Waals surface area contributed by atoms with Gasteiger partial charge in [0.15, 0.2) is 17.5 Å². The fraction of sp³-hybridized carbons (Fsp3) is 0.500. The van der Waals surface area contributed by atoms with Crippen molar-refractivity contribution in [3.8, 4) is 0 Å². The lowest BCUT2D eigenvalue weighted by molar-refractivity contribution is 0.466. The minimum absolute atomic E-state index is 0.241. The quantitative estimate of drug-likeness (QED) is 0.786. The highest BCUT2D eigenvalue weighted by Gasteiger charge is 2.10. The fourth-order valence-corrected chi connectivity index (χ4v) is 1.05. The van der Waals surface area contributed by atoms with Crippen molar-refractivity contribution in [1.29, 1.82) is 0 Å². The Morgan fingerprint density at radius 3 is 2.53 bits per heavy atom. The number of aromatic nitrogens is 1. The molecule has 1 heterocycles. The third kappa shape index (κ3) is 3.42. The normalized spacial score (nSPS) is 10.8. The summed E-state index contributed by atoms with van der Waals surface area (Å²) in [6.45, 7) is 4.50. The van der Waals surface area contributed by atoms with Crippen LogP contribution in [0.5, 0.6) is 0 Å². The summed E-state index contributed by atoms with van der Waals surface area (Å²) >= 11 is 0. The van der Waals surface area contributed by atoms with Gasteiger partial charge in [-0.15, -0.1) is 0 Å². The summed E-state index contributed by atoms with van der Waals surface area (Å²) in [5, 5.41) is 2.62. The lowest BCUT2D eigenvalue weighted by Crippen LogP contribution is -2.09. The SMILES string of the molecule is CC(C)CCNc1nc(F)c(F)cc1F. The zero-order chi connectivity index (χ0) is 11.4. The first-order valence-electron chi connectivity index (χ1n) is 4.76. The average Bonchev–Trinajstić information content (AvgIpc) is 2.13. The van der Waals surface area contributed by atoms with Crippen LogP contribution in [-0.4, -0.2) is 11.5 Å². The summed E-state index contributed by atoms with van der Waals surface area (Å²) in [4.78, 5) is 3.14. The molecule has 0 radical (unpaired) electrons. The highest BCUT2D eigenvalue weighted by molar-refractivity contribution is 5.35. The number of halogens is 3. The second kappa shape index (κ2) is 5.00. The van der Waals surface area contributed by atoms with Gasteiger partial charge in [0.25, 0.3) is 5.95 Å². The van der Waals surface area contributed by atoms with E-state index in [1.54, 1.807) is 0 Å². The molecule has 0 aliphatic heterocycles. The molecule has 0 saturated heterocycles. The molecule has 1 N–H and O–H groups in total. The third-order valence-electron chi connectivity index (χ3n) is 1.90. The molecule has 5 heteroatoms. The number of hydrogen-bond acceptors (Lipinski definition) is 2. The molecule has 0 fully saturated rings. The first-order valence-corrected chi connectivity index (χ1v) is 4.76. The summed E-state index contributed by atoms with van der Waals surface area (Å²) in [6, 6.07) is 0.486. The number of pyridine rings is 1. The molecule has 0 aliphatic carbocycles. The van der Waals surface area contributed by atoms with Gasteiger partial charge in [-0.05, 0) is 12.3 Å². The van der Waals surface area contributed by atoms with Gasteiger partial charge in [-0.3, -0.25) is 0 Å². The Morgan fingerprint density at radius 1 is 1.27 bits per heavy atom. The molecule has 1 aromatic rings. The van der Waals surface area contributed by atoms with Crippen LogP contribution in [0, 0.1) is 23.5 Å². The van der Waals surface area contributed by atoms with Gasteiger partial charge in [-0.1, -0.05) is 13.8 Å².